The van der Waals surface area contributed by atoms with E-state index >= 15 is 0 Å². The molecule has 2 aromatic rings. The molecule has 158 valence electrons. The standard InChI is InChI=1S/C22H31N3O3S/c1-6-18(15-29(26,27)19-10-8-7-9-11-19)25-22(23-4)24-17(3)20-14-16(2)12-13-21(20)28-5/h7-14,17-18H,6,15H2,1-5H3,(H2,23,24,25). The Balaban J connectivity index is 2.11. The molecule has 0 spiro atoms. The number of sulfone groups is 1. The van der Waals surface area contributed by atoms with Crippen molar-refractivity contribution in [1.29, 1.82) is 0 Å². The number of rotatable bonds is 8. The predicted molar refractivity (Wildman–Crippen MR) is 118 cm³/mol. The minimum absolute atomic E-state index is 0.00361. The second kappa shape index (κ2) is 10.3. The summed E-state index contributed by atoms with van der Waals surface area (Å²) in [6, 6.07) is 14.2. The van der Waals surface area contributed by atoms with Gasteiger partial charge in [-0.3, -0.25) is 4.99 Å². The van der Waals surface area contributed by atoms with Gasteiger partial charge in [-0.1, -0.05) is 42.8 Å². The van der Waals surface area contributed by atoms with Crippen LogP contribution in [0.1, 0.15) is 37.4 Å². The Kier molecular flexibility index (Phi) is 8.08. The molecule has 0 aliphatic rings. The van der Waals surface area contributed by atoms with Crippen molar-refractivity contribution in [3.8, 4) is 5.75 Å². The summed E-state index contributed by atoms with van der Waals surface area (Å²) in [6.45, 7) is 6.01. The number of hydrogen-bond donors (Lipinski definition) is 2. The molecule has 0 aliphatic heterocycles. The minimum atomic E-state index is -3.39. The maximum atomic E-state index is 12.7. The lowest BCUT2D eigenvalue weighted by molar-refractivity contribution is 0.405. The van der Waals surface area contributed by atoms with Crippen LogP contribution in [0.5, 0.6) is 5.75 Å². The lowest BCUT2D eigenvalue weighted by atomic mass is 10.0. The maximum absolute atomic E-state index is 12.7. The van der Waals surface area contributed by atoms with Gasteiger partial charge in [-0.15, -0.1) is 0 Å². The first-order valence-corrected chi connectivity index (χ1v) is 11.4. The van der Waals surface area contributed by atoms with Crippen LogP contribution < -0.4 is 15.4 Å². The third-order valence-electron chi connectivity index (χ3n) is 4.79. The van der Waals surface area contributed by atoms with Crippen molar-refractivity contribution in [2.45, 2.75) is 44.2 Å². The summed E-state index contributed by atoms with van der Waals surface area (Å²) in [6.07, 6.45) is 0.648. The smallest absolute Gasteiger partial charge is 0.191 e. The molecule has 0 heterocycles. The molecule has 0 aromatic heterocycles. The highest BCUT2D eigenvalue weighted by molar-refractivity contribution is 7.91. The Morgan fingerprint density at radius 1 is 1.14 bits per heavy atom. The first-order chi connectivity index (χ1) is 13.8. The van der Waals surface area contributed by atoms with Gasteiger partial charge < -0.3 is 15.4 Å². The molecule has 0 bridgehead atoms. The van der Waals surface area contributed by atoms with E-state index in [2.05, 4.69) is 21.7 Å². The van der Waals surface area contributed by atoms with Crippen LogP contribution in [-0.2, 0) is 9.84 Å². The Labute approximate surface area is 174 Å². The van der Waals surface area contributed by atoms with Gasteiger partial charge in [0, 0.05) is 18.7 Å². The number of aliphatic imine (C=N–C) groups is 1. The third kappa shape index (κ3) is 6.22. The van der Waals surface area contributed by atoms with E-state index in [9.17, 15) is 8.42 Å². The normalized spacial score (nSPS) is 14.2. The van der Waals surface area contributed by atoms with Crippen LogP contribution in [0.25, 0.3) is 0 Å². The lowest BCUT2D eigenvalue weighted by Gasteiger charge is -2.24. The molecule has 0 aliphatic carbocycles. The minimum Gasteiger partial charge on any atom is -0.496 e. The number of guanidine groups is 1. The van der Waals surface area contributed by atoms with E-state index in [0.717, 1.165) is 16.9 Å². The van der Waals surface area contributed by atoms with Crippen LogP contribution in [-0.4, -0.2) is 40.3 Å². The van der Waals surface area contributed by atoms with Gasteiger partial charge in [-0.25, -0.2) is 8.42 Å². The molecule has 29 heavy (non-hydrogen) atoms. The fourth-order valence-electron chi connectivity index (χ4n) is 3.09. The van der Waals surface area contributed by atoms with Gasteiger partial charge in [0.2, 0.25) is 0 Å². The molecule has 2 unspecified atom stereocenters. The van der Waals surface area contributed by atoms with Crippen LogP contribution in [0.3, 0.4) is 0 Å². The van der Waals surface area contributed by atoms with Crippen molar-refractivity contribution >= 4 is 15.8 Å². The summed E-state index contributed by atoms with van der Waals surface area (Å²) in [5.74, 6) is 1.34. The third-order valence-corrected chi connectivity index (χ3v) is 6.62. The Morgan fingerprint density at radius 3 is 2.41 bits per heavy atom. The largest absolute Gasteiger partial charge is 0.496 e. The fourth-order valence-corrected chi connectivity index (χ4v) is 4.70. The average molecular weight is 418 g/mol. The number of ether oxygens (including phenoxy) is 1. The van der Waals surface area contributed by atoms with Crippen LogP contribution >= 0.6 is 0 Å². The zero-order chi connectivity index (χ0) is 21.4. The van der Waals surface area contributed by atoms with Gasteiger partial charge in [0.15, 0.2) is 15.8 Å². The lowest BCUT2D eigenvalue weighted by Crippen LogP contribution is -2.46. The molecule has 2 aromatic carbocycles. The summed E-state index contributed by atoms with van der Waals surface area (Å²) in [5.41, 5.74) is 2.15. The summed E-state index contributed by atoms with van der Waals surface area (Å²) in [4.78, 5) is 4.62. The highest BCUT2D eigenvalue weighted by Gasteiger charge is 2.22. The Hall–Kier alpha value is -2.54. The number of aryl methyl sites for hydroxylation is 1. The van der Waals surface area contributed by atoms with Gasteiger partial charge in [0.05, 0.1) is 23.8 Å². The number of benzene rings is 2. The van der Waals surface area contributed by atoms with Crippen LogP contribution in [0.4, 0.5) is 0 Å². The van der Waals surface area contributed by atoms with Crippen LogP contribution in [0.2, 0.25) is 0 Å². The van der Waals surface area contributed by atoms with E-state index in [1.54, 1.807) is 44.5 Å². The van der Waals surface area contributed by atoms with Gasteiger partial charge in [-0.05, 0) is 38.5 Å². The fraction of sp³-hybridized carbons (Fsp3) is 0.409. The van der Waals surface area contributed by atoms with Crippen LogP contribution in [0.15, 0.2) is 58.4 Å². The average Bonchev–Trinajstić information content (AvgIpc) is 2.72. The monoisotopic (exact) mass is 417 g/mol. The van der Waals surface area contributed by atoms with Gasteiger partial charge in [0.25, 0.3) is 0 Å². The van der Waals surface area contributed by atoms with E-state index in [-0.39, 0.29) is 17.8 Å². The zero-order valence-electron chi connectivity index (χ0n) is 17.8. The van der Waals surface area contributed by atoms with Crippen molar-refractivity contribution < 1.29 is 13.2 Å². The molecular weight excluding hydrogens is 386 g/mol. The van der Waals surface area contributed by atoms with Crippen molar-refractivity contribution in [2.24, 2.45) is 4.99 Å². The highest BCUT2D eigenvalue weighted by Crippen LogP contribution is 2.26. The quantitative estimate of drug-likeness (QED) is 0.508. The Morgan fingerprint density at radius 2 is 1.83 bits per heavy atom. The topological polar surface area (TPSA) is 79.8 Å². The van der Waals surface area contributed by atoms with Gasteiger partial charge >= 0.3 is 0 Å². The zero-order valence-corrected chi connectivity index (χ0v) is 18.6. The van der Waals surface area contributed by atoms with Crippen molar-refractivity contribution in [2.75, 3.05) is 19.9 Å². The molecular formula is C22H31N3O3S. The maximum Gasteiger partial charge on any atom is 0.191 e. The van der Waals surface area contributed by atoms with Gasteiger partial charge in [0.1, 0.15) is 5.75 Å². The van der Waals surface area contributed by atoms with Crippen molar-refractivity contribution in [3.05, 3.63) is 59.7 Å². The molecule has 0 saturated carbocycles. The number of hydrogen-bond acceptors (Lipinski definition) is 4. The van der Waals surface area contributed by atoms with E-state index in [4.69, 9.17) is 4.74 Å². The highest BCUT2D eigenvalue weighted by atomic mass is 32.2. The molecule has 2 atom stereocenters. The van der Waals surface area contributed by atoms with Crippen LogP contribution in [0, 0.1) is 6.92 Å². The summed E-state index contributed by atoms with van der Waals surface area (Å²) in [7, 11) is -0.0648. The molecule has 0 radical (unpaired) electrons. The summed E-state index contributed by atoms with van der Waals surface area (Å²) >= 11 is 0. The van der Waals surface area contributed by atoms with Crippen molar-refractivity contribution in [3.63, 3.8) is 0 Å². The first-order valence-electron chi connectivity index (χ1n) is 9.73. The van der Waals surface area contributed by atoms with E-state index in [1.165, 1.54) is 0 Å². The molecule has 0 amide bonds. The second-order valence-corrected chi connectivity index (χ2v) is 9.06. The molecule has 2 N–H and O–H groups in total. The molecule has 0 fully saturated rings. The number of nitrogens with zero attached hydrogens (tertiary/aromatic N) is 1. The molecule has 0 saturated heterocycles. The van der Waals surface area contributed by atoms with E-state index in [1.807, 2.05) is 32.9 Å². The SMILES string of the molecule is CCC(CS(=O)(=O)c1ccccc1)NC(=NC)NC(C)c1cc(C)ccc1OC. The van der Waals surface area contributed by atoms with Crippen molar-refractivity contribution in [1.82, 2.24) is 10.6 Å². The number of methoxy groups -OCH3 is 1. The first kappa shape index (κ1) is 22.7. The predicted octanol–water partition coefficient (Wildman–Crippen LogP) is 3.48. The second-order valence-electron chi connectivity index (χ2n) is 7.03. The number of nitrogens with one attached hydrogen (secondary N) is 2. The summed E-state index contributed by atoms with van der Waals surface area (Å²) in [5, 5.41) is 6.59. The van der Waals surface area contributed by atoms with E-state index < -0.39 is 9.84 Å². The van der Waals surface area contributed by atoms with E-state index in [0.29, 0.717) is 17.3 Å². The van der Waals surface area contributed by atoms with Gasteiger partial charge in [-0.2, -0.15) is 0 Å². The molecule has 7 heteroatoms. The summed E-state index contributed by atoms with van der Waals surface area (Å²) < 4.78 is 30.9. The molecule has 6 nitrogen and oxygen atoms in total. The Bertz CT molecular complexity index is 928. The molecule has 2 rings (SSSR count).